The van der Waals surface area contributed by atoms with Crippen LogP contribution in [0, 0.1) is 0 Å². The molecule has 4 nitrogen and oxygen atoms in total. The third-order valence-electron chi connectivity index (χ3n) is 2.62. The highest BCUT2D eigenvalue weighted by Gasteiger charge is 2.13. The van der Waals surface area contributed by atoms with Crippen LogP contribution in [-0.4, -0.2) is 17.9 Å². The number of aromatic nitrogens is 1. The molecule has 0 amide bonds. The van der Waals surface area contributed by atoms with Crippen LogP contribution in [0.15, 0.2) is 28.1 Å². The molecule has 0 fully saturated rings. The summed E-state index contributed by atoms with van der Waals surface area (Å²) in [6.45, 7) is 0.362. The van der Waals surface area contributed by atoms with Crippen LogP contribution in [0.3, 0.4) is 0 Å². The largest absolute Gasteiger partial charge is 0.497 e. The molecule has 1 aromatic carbocycles. The smallest absolute Gasteiger partial charge is 0.186 e. The molecule has 6 heteroatoms. The zero-order chi connectivity index (χ0) is 13.8. The van der Waals surface area contributed by atoms with Gasteiger partial charge in [0.25, 0.3) is 0 Å². The fourth-order valence-electron chi connectivity index (χ4n) is 1.61. The highest BCUT2D eigenvalue weighted by atomic mass is 79.9. The van der Waals surface area contributed by atoms with Gasteiger partial charge >= 0.3 is 0 Å². The molecule has 0 spiro atoms. The predicted molar refractivity (Wildman–Crippen MR) is 78.7 cm³/mol. The van der Waals surface area contributed by atoms with Gasteiger partial charge in [0.15, 0.2) is 5.78 Å². The number of methoxy groups -OCH3 is 1. The number of nitrogens with zero attached hydrogens (tertiary/aromatic N) is 1. The van der Waals surface area contributed by atoms with Crippen molar-refractivity contribution in [2.75, 3.05) is 7.11 Å². The molecule has 0 aliphatic rings. The zero-order valence-corrected chi connectivity index (χ0v) is 12.8. The monoisotopic (exact) mass is 340 g/mol. The summed E-state index contributed by atoms with van der Waals surface area (Å²) in [6.07, 6.45) is 0.283. The maximum atomic E-state index is 12.1. The lowest BCUT2D eigenvalue weighted by Gasteiger charge is -2.06. The SMILES string of the molecule is COc1ccc(Br)c(CC(=O)c2csc(CN)n2)c1. The molecule has 0 aliphatic heterocycles. The Bertz CT molecular complexity index is 598. The summed E-state index contributed by atoms with van der Waals surface area (Å²) in [7, 11) is 1.60. The average molecular weight is 341 g/mol. The van der Waals surface area contributed by atoms with E-state index in [4.69, 9.17) is 10.5 Å². The Morgan fingerprint density at radius 1 is 1.53 bits per heavy atom. The fourth-order valence-corrected chi connectivity index (χ4v) is 2.68. The first kappa shape index (κ1) is 14.2. The second-order valence-corrected chi connectivity index (χ2v) is 5.68. The molecular formula is C13H13BrN2O2S. The molecule has 100 valence electrons. The molecule has 0 aliphatic carbocycles. The molecule has 0 atom stereocenters. The number of hydrogen-bond donors (Lipinski definition) is 1. The third kappa shape index (κ3) is 3.40. The summed E-state index contributed by atoms with van der Waals surface area (Å²) in [6, 6.07) is 5.55. The highest BCUT2D eigenvalue weighted by Crippen LogP contribution is 2.24. The summed E-state index contributed by atoms with van der Waals surface area (Å²) in [5.74, 6) is 0.705. The minimum absolute atomic E-state index is 0.0232. The fraction of sp³-hybridized carbons (Fsp3) is 0.231. The Labute approximate surface area is 123 Å². The quantitative estimate of drug-likeness (QED) is 0.850. The van der Waals surface area contributed by atoms with Crippen molar-refractivity contribution < 1.29 is 9.53 Å². The maximum absolute atomic E-state index is 12.1. The number of thiazole rings is 1. The lowest BCUT2D eigenvalue weighted by Crippen LogP contribution is -2.06. The van der Waals surface area contributed by atoms with Crippen molar-refractivity contribution in [3.05, 3.63) is 44.3 Å². The van der Waals surface area contributed by atoms with E-state index in [1.54, 1.807) is 12.5 Å². The molecule has 1 heterocycles. The van der Waals surface area contributed by atoms with Gasteiger partial charge in [-0.3, -0.25) is 4.79 Å². The van der Waals surface area contributed by atoms with Gasteiger partial charge in [-0.1, -0.05) is 15.9 Å². The van der Waals surface area contributed by atoms with E-state index < -0.39 is 0 Å². The second-order valence-electron chi connectivity index (χ2n) is 3.89. The van der Waals surface area contributed by atoms with E-state index in [9.17, 15) is 4.79 Å². The highest BCUT2D eigenvalue weighted by molar-refractivity contribution is 9.10. The molecule has 2 rings (SSSR count). The summed E-state index contributed by atoms with van der Waals surface area (Å²) in [5.41, 5.74) is 6.84. The van der Waals surface area contributed by atoms with E-state index >= 15 is 0 Å². The van der Waals surface area contributed by atoms with Gasteiger partial charge in [0, 0.05) is 22.8 Å². The number of carbonyl (C=O) groups excluding carboxylic acids is 1. The zero-order valence-electron chi connectivity index (χ0n) is 10.4. The number of ketones is 1. The van der Waals surface area contributed by atoms with Crippen molar-refractivity contribution >= 4 is 33.0 Å². The van der Waals surface area contributed by atoms with Gasteiger partial charge in [0.1, 0.15) is 16.5 Å². The Morgan fingerprint density at radius 2 is 2.32 bits per heavy atom. The molecule has 0 saturated carbocycles. The van der Waals surface area contributed by atoms with E-state index in [-0.39, 0.29) is 12.2 Å². The van der Waals surface area contributed by atoms with Crippen molar-refractivity contribution in [1.29, 1.82) is 0 Å². The summed E-state index contributed by atoms with van der Waals surface area (Å²) in [5, 5.41) is 2.52. The Morgan fingerprint density at radius 3 is 2.95 bits per heavy atom. The second kappa shape index (κ2) is 6.27. The standard InChI is InChI=1S/C13H13BrN2O2S/c1-18-9-2-3-10(14)8(4-9)5-12(17)11-7-19-13(6-15)16-11/h2-4,7H,5-6,15H2,1H3. The number of nitrogens with two attached hydrogens (primary N) is 1. The molecule has 19 heavy (non-hydrogen) atoms. The first-order valence-corrected chi connectivity index (χ1v) is 7.31. The van der Waals surface area contributed by atoms with Crippen molar-refractivity contribution in [2.24, 2.45) is 5.73 Å². The van der Waals surface area contributed by atoms with Crippen molar-refractivity contribution in [2.45, 2.75) is 13.0 Å². The number of Topliss-reactive ketones (excluding diaryl/α,β-unsaturated/α-hetero) is 1. The number of carbonyl (C=O) groups is 1. The molecule has 0 radical (unpaired) electrons. The van der Waals surface area contributed by atoms with Crippen LogP contribution in [0.25, 0.3) is 0 Å². The van der Waals surface area contributed by atoms with Gasteiger partial charge in [0.2, 0.25) is 0 Å². The molecule has 1 aromatic heterocycles. The van der Waals surface area contributed by atoms with E-state index in [0.29, 0.717) is 12.2 Å². The number of halogens is 1. The van der Waals surface area contributed by atoms with Gasteiger partial charge in [-0.2, -0.15) is 0 Å². The van der Waals surface area contributed by atoms with Crippen LogP contribution in [0.2, 0.25) is 0 Å². The van der Waals surface area contributed by atoms with E-state index in [1.165, 1.54) is 11.3 Å². The van der Waals surface area contributed by atoms with Crippen molar-refractivity contribution in [3.8, 4) is 5.75 Å². The van der Waals surface area contributed by atoms with E-state index in [0.717, 1.165) is 20.8 Å². The van der Waals surface area contributed by atoms with Crippen LogP contribution in [0.4, 0.5) is 0 Å². The Kier molecular flexibility index (Phi) is 4.68. The van der Waals surface area contributed by atoms with E-state index in [2.05, 4.69) is 20.9 Å². The summed E-state index contributed by atoms with van der Waals surface area (Å²) in [4.78, 5) is 16.3. The first-order valence-electron chi connectivity index (χ1n) is 5.64. The molecule has 2 aromatic rings. The molecule has 0 unspecified atom stereocenters. The number of benzene rings is 1. The topological polar surface area (TPSA) is 65.2 Å². The molecule has 2 N–H and O–H groups in total. The lowest BCUT2D eigenvalue weighted by molar-refractivity contribution is 0.0988. The van der Waals surface area contributed by atoms with Gasteiger partial charge in [-0.25, -0.2) is 4.98 Å². The summed E-state index contributed by atoms with van der Waals surface area (Å²) >= 11 is 4.84. The summed E-state index contributed by atoms with van der Waals surface area (Å²) < 4.78 is 6.04. The third-order valence-corrected chi connectivity index (χ3v) is 4.26. The van der Waals surface area contributed by atoms with Gasteiger partial charge in [0.05, 0.1) is 7.11 Å². The van der Waals surface area contributed by atoms with Crippen LogP contribution < -0.4 is 10.5 Å². The average Bonchev–Trinajstić information content (AvgIpc) is 2.90. The molecule has 0 bridgehead atoms. The minimum atomic E-state index is -0.0232. The first-order chi connectivity index (χ1) is 9.13. The van der Waals surface area contributed by atoms with Gasteiger partial charge in [-0.05, 0) is 23.8 Å². The number of rotatable bonds is 5. The Balaban J connectivity index is 2.18. The minimum Gasteiger partial charge on any atom is -0.497 e. The number of hydrogen-bond acceptors (Lipinski definition) is 5. The van der Waals surface area contributed by atoms with Gasteiger partial charge in [-0.15, -0.1) is 11.3 Å². The van der Waals surface area contributed by atoms with Crippen molar-refractivity contribution in [1.82, 2.24) is 4.98 Å². The van der Waals surface area contributed by atoms with Crippen LogP contribution in [-0.2, 0) is 13.0 Å². The molecular weight excluding hydrogens is 328 g/mol. The van der Waals surface area contributed by atoms with Crippen LogP contribution in [0.5, 0.6) is 5.75 Å². The predicted octanol–water partition coefficient (Wildman–Crippen LogP) is 2.80. The lowest BCUT2D eigenvalue weighted by atomic mass is 10.1. The van der Waals surface area contributed by atoms with Gasteiger partial charge < -0.3 is 10.5 Å². The van der Waals surface area contributed by atoms with E-state index in [1.807, 2.05) is 18.2 Å². The van der Waals surface area contributed by atoms with Crippen molar-refractivity contribution in [3.63, 3.8) is 0 Å². The maximum Gasteiger partial charge on any atom is 0.186 e. The van der Waals surface area contributed by atoms with Crippen LogP contribution in [0.1, 0.15) is 21.1 Å². The normalized spacial score (nSPS) is 10.5. The Hall–Kier alpha value is -1.24. The van der Waals surface area contributed by atoms with Crippen LogP contribution >= 0.6 is 27.3 Å². The number of ether oxygens (including phenoxy) is 1. The molecule has 0 saturated heterocycles.